The summed E-state index contributed by atoms with van der Waals surface area (Å²) in [6.45, 7) is 0.0611. The molecule has 1 aliphatic carbocycles. The summed E-state index contributed by atoms with van der Waals surface area (Å²) in [7, 11) is 0. The first-order valence-electron chi connectivity index (χ1n) is 9.44. The summed E-state index contributed by atoms with van der Waals surface area (Å²) in [5, 5.41) is 2.80. The van der Waals surface area contributed by atoms with Gasteiger partial charge in [-0.25, -0.2) is 13.8 Å². The molecule has 0 spiro atoms. The third-order valence-electron chi connectivity index (χ3n) is 5.25. The average Bonchev–Trinajstić information content (AvgIpc) is 3.31. The Morgan fingerprint density at radius 2 is 1.90 bits per heavy atom. The smallest absolute Gasteiger partial charge is 0.229 e. The van der Waals surface area contributed by atoms with Crippen molar-refractivity contribution in [3.8, 4) is 0 Å². The molecule has 1 N–H and O–H groups in total. The van der Waals surface area contributed by atoms with Crippen molar-refractivity contribution in [3.63, 3.8) is 0 Å². The number of fused-ring (bicyclic) bond motifs is 1. The second kappa shape index (κ2) is 6.65. The monoisotopic (exact) mass is 397 g/mol. The normalized spacial score (nSPS) is 19.2. The van der Waals surface area contributed by atoms with Gasteiger partial charge in [-0.2, -0.15) is 0 Å². The Balaban J connectivity index is 1.30. The lowest BCUT2D eigenvalue weighted by atomic mass is 10.1. The molecule has 2 aromatic carbocycles. The molecule has 8 heteroatoms. The summed E-state index contributed by atoms with van der Waals surface area (Å²) >= 11 is 0. The molecule has 2 fully saturated rings. The first-order chi connectivity index (χ1) is 14.0. The van der Waals surface area contributed by atoms with Crippen LogP contribution in [0.5, 0.6) is 0 Å². The number of carbonyl (C=O) groups is 2. The molecular weight excluding hydrogens is 380 g/mol. The summed E-state index contributed by atoms with van der Waals surface area (Å²) in [5.74, 6) is -1.73. The standard InChI is InChI=1S/C21H17F2N3O3/c22-13-6-14(23)8-16(7-13)26-10-12(5-19(26)27)20(28)24-15-3-4-18-17(9-15)25-21(29-18)11-1-2-11/h3-4,6-9,11-12H,1-2,5,10H2,(H,24,28). The number of hydrogen-bond acceptors (Lipinski definition) is 4. The molecule has 3 aromatic rings. The van der Waals surface area contributed by atoms with Crippen molar-refractivity contribution in [1.29, 1.82) is 0 Å². The number of nitrogens with zero attached hydrogens (tertiary/aromatic N) is 2. The number of oxazole rings is 1. The van der Waals surface area contributed by atoms with E-state index in [1.165, 1.54) is 4.90 Å². The lowest BCUT2D eigenvalue weighted by molar-refractivity contribution is -0.122. The van der Waals surface area contributed by atoms with Crippen LogP contribution in [-0.2, 0) is 9.59 Å². The van der Waals surface area contributed by atoms with Crippen LogP contribution < -0.4 is 10.2 Å². The fraction of sp³-hybridized carbons (Fsp3) is 0.286. The molecule has 1 aromatic heterocycles. The summed E-state index contributed by atoms with van der Waals surface area (Å²) in [4.78, 5) is 30.6. The van der Waals surface area contributed by atoms with Crippen LogP contribution >= 0.6 is 0 Å². The van der Waals surface area contributed by atoms with Crippen molar-refractivity contribution in [2.75, 3.05) is 16.8 Å². The van der Waals surface area contributed by atoms with Gasteiger partial charge in [0.2, 0.25) is 11.8 Å². The molecule has 1 atom stereocenters. The molecular formula is C21H17F2N3O3. The van der Waals surface area contributed by atoms with Gasteiger partial charge in [0.25, 0.3) is 0 Å². The summed E-state index contributed by atoms with van der Waals surface area (Å²) < 4.78 is 32.6. The minimum absolute atomic E-state index is 0.0258. The van der Waals surface area contributed by atoms with Gasteiger partial charge in [0.05, 0.1) is 5.92 Å². The maximum absolute atomic E-state index is 13.5. The van der Waals surface area contributed by atoms with Crippen molar-refractivity contribution in [2.24, 2.45) is 5.92 Å². The van der Waals surface area contributed by atoms with Gasteiger partial charge in [0, 0.05) is 36.3 Å². The van der Waals surface area contributed by atoms with Gasteiger partial charge in [-0.05, 0) is 43.2 Å². The van der Waals surface area contributed by atoms with Crippen molar-refractivity contribution >= 4 is 34.3 Å². The predicted octanol–water partition coefficient (Wildman–Crippen LogP) is 3.98. The number of anilines is 2. The Morgan fingerprint density at radius 1 is 1.14 bits per heavy atom. The number of amides is 2. The maximum Gasteiger partial charge on any atom is 0.229 e. The van der Waals surface area contributed by atoms with Crippen LogP contribution in [0.2, 0.25) is 0 Å². The number of rotatable bonds is 4. The van der Waals surface area contributed by atoms with Gasteiger partial charge in [0.15, 0.2) is 11.5 Å². The van der Waals surface area contributed by atoms with Gasteiger partial charge in [-0.1, -0.05) is 0 Å². The van der Waals surface area contributed by atoms with E-state index in [0.29, 0.717) is 22.7 Å². The van der Waals surface area contributed by atoms with Crippen LogP contribution in [0.4, 0.5) is 20.2 Å². The van der Waals surface area contributed by atoms with Crippen LogP contribution in [0.1, 0.15) is 31.1 Å². The molecule has 5 rings (SSSR count). The second-order valence-electron chi connectivity index (χ2n) is 7.53. The SMILES string of the molecule is O=C(Nc1ccc2oc(C3CC3)nc2c1)C1CC(=O)N(c2cc(F)cc(F)c2)C1. The second-order valence-corrected chi connectivity index (χ2v) is 7.53. The number of nitrogens with one attached hydrogen (secondary N) is 1. The minimum atomic E-state index is -0.771. The highest BCUT2D eigenvalue weighted by atomic mass is 19.1. The Kier molecular flexibility index (Phi) is 4.08. The highest BCUT2D eigenvalue weighted by molar-refractivity contribution is 6.03. The third kappa shape index (κ3) is 3.46. The first kappa shape index (κ1) is 17.8. The third-order valence-corrected chi connectivity index (χ3v) is 5.25. The first-order valence-corrected chi connectivity index (χ1v) is 9.44. The number of halogens is 2. The van der Waals surface area contributed by atoms with Crippen molar-refractivity contribution < 1.29 is 22.8 Å². The Hall–Kier alpha value is -3.29. The molecule has 1 saturated heterocycles. The van der Waals surface area contributed by atoms with Gasteiger partial charge in [0.1, 0.15) is 17.2 Å². The Labute approximate surface area is 164 Å². The summed E-state index contributed by atoms with van der Waals surface area (Å²) in [6, 6.07) is 8.11. The molecule has 2 amide bonds. The zero-order valence-corrected chi connectivity index (χ0v) is 15.3. The van der Waals surface area contributed by atoms with Crippen LogP contribution in [0.15, 0.2) is 40.8 Å². The van der Waals surface area contributed by atoms with Crippen LogP contribution in [0.3, 0.4) is 0 Å². The topological polar surface area (TPSA) is 75.4 Å². The highest BCUT2D eigenvalue weighted by Gasteiger charge is 2.35. The van der Waals surface area contributed by atoms with E-state index in [1.807, 2.05) is 0 Å². The van der Waals surface area contributed by atoms with Crippen LogP contribution in [0, 0.1) is 17.6 Å². The summed E-state index contributed by atoms with van der Waals surface area (Å²) in [6.07, 6.45) is 2.14. The van der Waals surface area contributed by atoms with E-state index >= 15 is 0 Å². The van der Waals surface area contributed by atoms with E-state index in [2.05, 4.69) is 10.3 Å². The molecule has 29 heavy (non-hydrogen) atoms. The lowest BCUT2D eigenvalue weighted by Gasteiger charge is -2.17. The Bertz CT molecular complexity index is 1120. The van der Waals surface area contributed by atoms with E-state index in [9.17, 15) is 18.4 Å². The zero-order chi connectivity index (χ0) is 20.1. The lowest BCUT2D eigenvalue weighted by Crippen LogP contribution is -2.28. The molecule has 6 nitrogen and oxygen atoms in total. The fourth-order valence-electron chi connectivity index (χ4n) is 3.60. The molecule has 1 aliphatic heterocycles. The molecule has 2 aliphatic rings. The largest absolute Gasteiger partial charge is 0.440 e. The minimum Gasteiger partial charge on any atom is -0.440 e. The number of carbonyl (C=O) groups excluding carboxylic acids is 2. The molecule has 148 valence electrons. The quantitative estimate of drug-likeness (QED) is 0.723. The molecule has 2 heterocycles. The van der Waals surface area contributed by atoms with E-state index in [0.717, 1.165) is 36.9 Å². The van der Waals surface area contributed by atoms with Crippen molar-refractivity contribution in [1.82, 2.24) is 4.98 Å². The van der Waals surface area contributed by atoms with E-state index < -0.39 is 17.6 Å². The molecule has 1 saturated carbocycles. The van der Waals surface area contributed by atoms with E-state index in [4.69, 9.17) is 4.42 Å². The van der Waals surface area contributed by atoms with Crippen LogP contribution in [0.25, 0.3) is 11.1 Å². The van der Waals surface area contributed by atoms with Crippen LogP contribution in [-0.4, -0.2) is 23.3 Å². The zero-order valence-electron chi connectivity index (χ0n) is 15.3. The predicted molar refractivity (Wildman–Crippen MR) is 101 cm³/mol. The fourth-order valence-corrected chi connectivity index (χ4v) is 3.60. The van der Waals surface area contributed by atoms with E-state index in [1.54, 1.807) is 18.2 Å². The number of benzene rings is 2. The number of hydrogen-bond donors (Lipinski definition) is 1. The number of aromatic nitrogens is 1. The van der Waals surface area contributed by atoms with Crippen molar-refractivity contribution in [2.45, 2.75) is 25.2 Å². The van der Waals surface area contributed by atoms with Gasteiger partial charge in [-0.3, -0.25) is 9.59 Å². The molecule has 0 bridgehead atoms. The average molecular weight is 397 g/mol. The summed E-state index contributed by atoms with van der Waals surface area (Å²) in [5.41, 5.74) is 2.00. The van der Waals surface area contributed by atoms with Crippen molar-refractivity contribution in [3.05, 3.63) is 53.9 Å². The molecule has 1 unspecified atom stereocenters. The maximum atomic E-state index is 13.5. The highest BCUT2D eigenvalue weighted by Crippen LogP contribution is 2.40. The van der Waals surface area contributed by atoms with Gasteiger partial charge >= 0.3 is 0 Å². The van der Waals surface area contributed by atoms with Gasteiger partial charge in [-0.15, -0.1) is 0 Å². The molecule has 0 radical (unpaired) electrons. The van der Waals surface area contributed by atoms with Gasteiger partial charge < -0.3 is 14.6 Å². The Morgan fingerprint density at radius 3 is 2.62 bits per heavy atom. The van der Waals surface area contributed by atoms with E-state index in [-0.39, 0.29) is 30.5 Å².